The lowest BCUT2D eigenvalue weighted by atomic mass is 10.2. The molecule has 0 amide bonds. The number of anilines is 3. The van der Waals surface area contributed by atoms with Crippen LogP contribution < -0.4 is 10.2 Å². The van der Waals surface area contributed by atoms with Crippen LogP contribution in [0, 0.1) is 0 Å². The van der Waals surface area contributed by atoms with E-state index in [1.807, 2.05) is 11.9 Å². The zero-order valence-corrected chi connectivity index (χ0v) is 13.1. The van der Waals surface area contributed by atoms with Crippen LogP contribution in [-0.4, -0.2) is 23.6 Å². The number of nitrogens with one attached hydrogen (secondary N) is 1. The molecule has 0 fully saturated rings. The smallest absolute Gasteiger partial charge is 0.360 e. The van der Waals surface area contributed by atoms with Gasteiger partial charge in [0.25, 0.3) is 0 Å². The Bertz CT molecular complexity index is 626. The van der Waals surface area contributed by atoms with E-state index in [2.05, 4.69) is 22.2 Å². The summed E-state index contributed by atoms with van der Waals surface area (Å²) in [6.45, 7) is 3.00. The summed E-state index contributed by atoms with van der Waals surface area (Å²) in [6, 6.07) is 6.58. The minimum Gasteiger partial charge on any atom is -0.360 e. The fraction of sp³-hybridized carbons (Fsp3) is 0.375. The fourth-order valence-corrected chi connectivity index (χ4v) is 2.00. The van der Waals surface area contributed by atoms with Gasteiger partial charge in [-0.05, 0) is 36.8 Å². The first-order valence-electron chi connectivity index (χ1n) is 7.38. The zero-order valence-electron chi connectivity index (χ0n) is 13.1. The van der Waals surface area contributed by atoms with Crippen molar-refractivity contribution in [2.45, 2.75) is 25.9 Å². The highest BCUT2D eigenvalue weighted by Gasteiger charge is 2.29. The zero-order chi connectivity index (χ0) is 16.9. The summed E-state index contributed by atoms with van der Waals surface area (Å²) >= 11 is 0. The van der Waals surface area contributed by atoms with E-state index in [-0.39, 0.29) is 0 Å². The molecule has 1 heterocycles. The van der Waals surface area contributed by atoms with Crippen LogP contribution in [0.1, 0.15) is 25.3 Å². The second-order valence-electron chi connectivity index (χ2n) is 5.21. The Morgan fingerprint density at radius 1 is 1.13 bits per heavy atom. The number of nitrogens with zero attached hydrogens (tertiary/aromatic N) is 3. The molecule has 0 aliphatic carbocycles. The second kappa shape index (κ2) is 7.30. The molecular formula is C16H19F3N4. The third kappa shape index (κ3) is 4.84. The van der Waals surface area contributed by atoms with Crippen LogP contribution in [0.4, 0.5) is 30.6 Å². The lowest BCUT2D eigenvalue weighted by Crippen LogP contribution is -2.19. The first-order valence-corrected chi connectivity index (χ1v) is 7.38. The van der Waals surface area contributed by atoms with Gasteiger partial charge in [0, 0.05) is 25.5 Å². The van der Waals surface area contributed by atoms with Crippen LogP contribution in [0.5, 0.6) is 0 Å². The minimum absolute atomic E-state index is 0.352. The van der Waals surface area contributed by atoms with Gasteiger partial charge in [-0.1, -0.05) is 13.3 Å². The van der Waals surface area contributed by atoms with E-state index in [0.29, 0.717) is 11.6 Å². The van der Waals surface area contributed by atoms with Crippen molar-refractivity contribution in [2.75, 3.05) is 23.8 Å². The monoisotopic (exact) mass is 324 g/mol. The predicted octanol–water partition coefficient (Wildman–Crippen LogP) is 4.48. The number of rotatable bonds is 6. The SMILES string of the molecule is CCCCN(C)c1ccnc(Nc2ccc(C(F)(F)F)cc2)n1. The van der Waals surface area contributed by atoms with E-state index in [1.54, 1.807) is 12.3 Å². The van der Waals surface area contributed by atoms with Gasteiger partial charge < -0.3 is 10.2 Å². The summed E-state index contributed by atoms with van der Waals surface area (Å²) in [5.41, 5.74) is -0.177. The summed E-state index contributed by atoms with van der Waals surface area (Å²) in [5.74, 6) is 1.12. The molecule has 2 aromatic rings. The van der Waals surface area contributed by atoms with Crippen LogP contribution in [0.2, 0.25) is 0 Å². The second-order valence-corrected chi connectivity index (χ2v) is 5.21. The van der Waals surface area contributed by atoms with Crippen molar-refractivity contribution < 1.29 is 13.2 Å². The average molecular weight is 324 g/mol. The molecule has 1 aromatic carbocycles. The molecule has 0 spiro atoms. The van der Waals surface area contributed by atoms with E-state index in [0.717, 1.165) is 37.3 Å². The molecular weight excluding hydrogens is 305 g/mol. The summed E-state index contributed by atoms with van der Waals surface area (Å²) in [6.07, 6.45) is -0.567. The third-order valence-corrected chi connectivity index (χ3v) is 3.35. The van der Waals surface area contributed by atoms with Crippen molar-refractivity contribution in [2.24, 2.45) is 0 Å². The molecule has 7 heteroatoms. The Labute approximate surface area is 133 Å². The van der Waals surface area contributed by atoms with E-state index >= 15 is 0 Å². The van der Waals surface area contributed by atoms with E-state index in [1.165, 1.54) is 12.1 Å². The van der Waals surface area contributed by atoms with Crippen LogP contribution in [0.15, 0.2) is 36.5 Å². The molecule has 1 aromatic heterocycles. The first kappa shape index (κ1) is 17.1. The fourth-order valence-electron chi connectivity index (χ4n) is 2.00. The molecule has 0 saturated heterocycles. The van der Waals surface area contributed by atoms with Crippen molar-refractivity contribution in [1.29, 1.82) is 0 Å². The number of benzene rings is 1. The molecule has 124 valence electrons. The van der Waals surface area contributed by atoms with Gasteiger partial charge in [-0.3, -0.25) is 0 Å². The Morgan fingerprint density at radius 2 is 1.83 bits per heavy atom. The highest BCUT2D eigenvalue weighted by atomic mass is 19.4. The topological polar surface area (TPSA) is 41.1 Å². The highest BCUT2D eigenvalue weighted by molar-refractivity contribution is 5.55. The van der Waals surface area contributed by atoms with Crippen molar-refractivity contribution >= 4 is 17.5 Å². The Balaban J connectivity index is 2.08. The number of halogens is 3. The lowest BCUT2D eigenvalue weighted by Gasteiger charge is -2.18. The Morgan fingerprint density at radius 3 is 2.43 bits per heavy atom. The van der Waals surface area contributed by atoms with Crippen LogP contribution in [0.25, 0.3) is 0 Å². The number of alkyl halides is 3. The summed E-state index contributed by atoms with van der Waals surface area (Å²) in [5, 5.41) is 2.92. The van der Waals surface area contributed by atoms with Gasteiger partial charge >= 0.3 is 6.18 Å². The van der Waals surface area contributed by atoms with Gasteiger partial charge in [0.15, 0.2) is 0 Å². The van der Waals surface area contributed by atoms with Gasteiger partial charge in [0.1, 0.15) is 5.82 Å². The number of aromatic nitrogens is 2. The van der Waals surface area contributed by atoms with Gasteiger partial charge in [-0.15, -0.1) is 0 Å². The lowest BCUT2D eigenvalue weighted by molar-refractivity contribution is -0.137. The van der Waals surface area contributed by atoms with E-state index < -0.39 is 11.7 Å². The number of hydrogen-bond donors (Lipinski definition) is 1. The van der Waals surface area contributed by atoms with E-state index in [9.17, 15) is 13.2 Å². The number of unbranched alkanes of at least 4 members (excludes halogenated alkanes) is 1. The standard InChI is InChI=1S/C16H19F3N4/c1-3-4-11-23(2)14-9-10-20-15(22-14)21-13-7-5-12(6-8-13)16(17,18)19/h5-10H,3-4,11H2,1-2H3,(H,20,21,22). The van der Waals surface area contributed by atoms with Crippen molar-refractivity contribution in [3.05, 3.63) is 42.1 Å². The molecule has 0 radical (unpaired) electrons. The molecule has 1 N–H and O–H groups in total. The number of hydrogen-bond acceptors (Lipinski definition) is 4. The molecule has 0 aliphatic rings. The van der Waals surface area contributed by atoms with Crippen LogP contribution in [0.3, 0.4) is 0 Å². The average Bonchev–Trinajstić information content (AvgIpc) is 2.52. The quantitative estimate of drug-likeness (QED) is 0.851. The van der Waals surface area contributed by atoms with Crippen LogP contribution in [-0.2, 0) is 6.18 Å². The van der Waals surface area contributed by atoms with Crippen molar-refractivity contribution in [1.82, 2.24) is 9.97 Å². The molecule has 0 atom stereocenters. The Kier molecular flexibility index (Phi) is 5.41. The molecule has 4 nitrogen and oxygen atoms in total. The maximum Gasteiger partial charge on any atom is 0.416 e. The maximum absolute atomic E-state index is 12.5. The highest BCUT2D eigenvalue weighted by Crippen LogP contribution is 2.30. The molecule has 2 rings (SSSR count). The normalized spacial score (nSPS) is 11.3. The Hall–Kier alpha value is -2.31. The summed E-state index contributed by atoms with van der Waals surface area (Å²) in [4.78, 5) is 10.5. The summed E-state index contributed by atoms with van der Waals surface area (Å²) in [7, 11) is 1.94. The van der Waals surface area contributed by atoms with Gasteiger partial charge in [-0.25, -0.2) is 4.98 Å². The molecule has 23 heavy (non-hydrogen) atoms. The largest absolute Gasteiger partial charge is 0.416 e. The maximum atomic E-state index is 12.5. The summed E-state index contributed by atoms with van der Waals surface area (Å²) < 4.78 is 37.6. The van der Waals surface area contributed by atoms with E-state index in [4.69, 9.17) is 0 Å². The van der Waals surface area contributed by atoms with Crippen LogP contribution >= 0.6 is 0 Å². The van der Waals surface area contributed by atoms with Crippen molar-refractivity contribution in [3.8, 4) is 0 Å². The van der Waals surface area contributed by atoms with Gasteiger partial charge in [-0.2, -0.15) is 18.2 Å². The first-order chi connectivity index (χ1) is 10.9. The van der Waals surface area contributed by atoms with Gasteiger partial charge in [0.2, 0.25) is 5.95 Å². The molecule has 0 aliphatic heterocycles. The third-order valence-electron chi connectivity index (χ3n) is 3.35. The predicted molar refractivity (Wildman–Crippen MR) is 84.9 cm³/mol. The minimum atomic E-state index is -4.34. The molecule has 0 saturated carbocycles. The van der Waals surface area contributed by atoms with Crippen molar-refractivity contribution in [3.63, 3.8) is 0 Å². The molecule has 0 bridgehead atoms. The molecule has 0 unspecified atom stereocenters. The van der Waals surface area contributed by atoms with Gasteiger partial charge in [0.05, 0.1) is 5.56 Å².